The van der Waals surface area contributed by atoms with E-state index in [1.54, 1.807) is 12.1 Å². The van der Waals surface area contributed by atoms with Gasteiger partial charge in [0.15, 0.2) is 0 Å². The van der Waals surface area contributed by atoms with Gasteiger partial charge in [-0.15, -0.1) is 0 Å². The number of hydrogen-bond donors (Lipinski definition) is 1. The topological polar surface area (TPSA) is 12.0 Å². The molecule has 1 atom stereocenters. The maximum absolute atomic E-state index is 13.2. The molecule has 1 N–H and O–H groups in total. The Hall–Kier alpha value is -1.67. The van der Waals surface area contributed by atoms with Gasteiger partial charge in [0.05, 0.1) is 0 Å². The van der Waals surface area contributed by atoms with Gasteiger partial charge in [-0.25, -0.2) is 4.39 Å². The zero-order valence-corrected chi connectivity index (χ0v) is 11.5. The van der Waals surface area contributed by atoms with Crippen LogP contribution in [0.25, 0.3) is 0 Å². The van der Waals surface area contributed by atoms with Crippen LogP contribution in [-0.4, -0.2) is 0 Å². The Balaban J connectivity index is 2.01. The molecule has 100 valence electrons. The molecule has 0 radical (unpaired) electrons. The van der Waals surface area contributed by atoms with Crippen LogP contribution in [0.4, 0.5) is 4.39 Å². The van der Waals surface area contributed by atoms with Crippen LogP contribution in [-0.2, 0) is 6.54 Å². The standard InChI is InChI=1S/C17H20FN/c1-3-17(15-5-4-6-16(18)11-15)19-12-14-9-7-13(2)8-10-14/h4-11,17,19H,3,12H2,1-2H3. The maximum Gasteiger partial charge on any atom is 0.123 e. The molecule has 0 heterocycles. The van der Waals surface area contributed by atoms with Crippen LogP contribution in [0.15, 0.2) is 48.5 Å². The third-order valence-electron chi connectivity index (χ3n) is 3.33. The predicted molar refractivity (Wildman–Crippen MR) is 77.5 cm³/mol. The van der Waals surface area contributed by atoms with Crippen LogP contribution in [0.3, 0.4) is 0 Å². The molecule has 19 heavy (non-hydrogen) atoms. The number of hydrogen-bond acceptors (Lipinski definition) is 1. The maximum atomic E-state index is 13.2. The van der Waals surface area contributed by atoms with Crippen molar-refractivity contribution in [3.8, 4) is 0 Å². The van der Waals surface area contributed by atoms with Gasteiger partial charge in [-0.2, -0.15) is 0 Å². The molecule has 2 aromatic rings. The predicted octanol–water partition coefficient (Wildman–Crippen LogP) is 4.38. The van der Waals surface area contributed by atoms with Gasteiger partial charge in [0, 0.05) is 12.6 Å². The Kier molecular flexibility index (Phi) is 4.69. The molecule has 0 aliphatic carbocycles. The highest BCUT2D eigenvalue weighted by molar-refractivity contribution is 5.23. The normalized spacial score (nSPS) is 12.4. The summed E-state index contributed by atoms with van der Waals surface area (Å²) in [5, 5.41) is 3.48. The Morgan fingerprint density at radius 2 is 1.84 bits per heavy atom. The van der Waals surface area contributed by atoms with E-state index in [1.165, 1.54) is 17.2 Å². The van der Waals surface area contributed by atoms with Gasteiger partial charge < -0.3 is 5.32 Å². The van der Waals surface area contributed by atoms with E-state index in [0.717, 1.165) is 18.5 Å². The van der Waals surface area contributed by atoms with Gasteiger partial charge in [0.1, 0.15) is 5.82 Å². The summed E-state index contributed by atoms with van der Waals surface area (Å²) in [4.78, 5) is 0. The van der Waals surface area contributed by atoms with Crippen molar-refractivity contribution in [2.75, 3.05) is 0 Å². The molecule has 0 saturated carbocycles. The van der Waals surface area contributed by atoms with Gasteiger partial charge in [-0.1, -0.05) is 48.9 Å². The highest BCUT2D eigenvalue weighted by Gasteiger charge is 2.09. The van der Waals surface area contributed by atoms with Crippen LogP contribution < -0.4 is 5.32 Å². The van der Waals surface area contributed by atoms with E-state index < -0.39 is 0 Å². The van der Waals surface area contributed by atoms with Gasteiger partial charge in [-0.3, -0.25) is 0 Å². The summed E-state index contributed by atoms with van der Waals surface area (Å²) >= 11 is 0. The molecule has 0 amide bonds. The Morgan fingerprint density at radius 3 is 2.47 bits per heavy atom. The number of benzene rings is 2. The zero-order valence-electron chi connectivity index (χ0n) is 11.5. The summed E-state index contributed by atoms with van der Waals surface area (Å²) in [6.07, 6.45) is 0.940. The lowest BCUT2D eigenvalue weighted by Gasteiger charge is -2.17. The third kappa shape index (κ3) is 3.90. The lowest BCUT2D eigenvalue weighted by molar-refractivity contribution is 0.514. The summed E-state index contributed by atoms with van der Waals surface area (Å²) in [6, 6.07) is 15.5. The van der Waals surface area contributed by atoms with Crippen LogP contribution >= 0.6 is 0 Å². The highest BCUT2D eigenvalue weighted by Crippen LogP contribution is 2.18. The van der Waals surface area contributed by atoms with E-state index in [0.29, 0.717) is 0 Å². The summed E-state index contributed by atoms with van der Waals surface area (Å²) < 4.78 is 13.2. The SMILES string of the molecule is CCC(NCc1ccc(C)cc1)c1cccc(F)c1. The van der Waals surface area contributed by atoms with Crippen LogP contribution in [0.5, 0.6) is 0 Å². The van der Waals surface area contributed by atoms with Crippen molar-refractivity contribution in [3.63, 3.8) is 0 Å². The molecule has 2 rings (SSSR count). The van der Waals surface area contributed by atoms with E-state index in [-0.39, 0.29) is 11.9 Å². The molecule has 0 bridgehead atoms. The molecule has 0 saturated heterocycles. The van der Waals surface area contributed by atoms with Crippen molar-refractivity contribution >= 4 is 0 Å². The number of rotatable bonds is 5. The van der Waals surface area contributed by atoms with Gasteiger partial charge in [0.2, 0.25) is 0 Å². The minimum atomic E-state index is -0.173. The molecular formula is C17H20FN. The molecular weight excluding hydrogens is 237 g/mol. The van der Waals surface area contributed by atoms with Crippen LogP contribution in [0.1, 0.15) is 36.1 Å². The fraction of sp³-hybridized carbons (Fsp3) is 0.294. The quantitative estimate of drug-likeness (QED) is 0.838. The van der Waals surface area contributed by atoms with Crippen molar-refractivity contribution in [3.05, 3.63) is 71.0 Å². The first-order chi connectivity index (χ1) is 9.19. The molecule has 2 heteroatoms. The largest absolute Gasteiger partial charge is 0.306 e. The average molecular weight is 257 g/mol. The van der Waals surface area contributed by atoms with Crippen molar-refractivity contribution in [1.29, 1.82) is 0 Å². The van der Waals surface area contributed by atoms with E-state index in [9.17, 15) is 4.39 Å². The third-order valence-corrected chi connectivity index (χ3v) is 3.33. The summed E-state index contributed by atoms with van der Waals surface area (Å²) in [5.41, 5.74) is 3.52. The van der Waals surface area contributed by atoms with Gasteiger partial charge in [0.25, 0.3) is 0 Å². The lowest BCUT2D eigenvalue weighted by Crippen LogP contribution is -2.20. The Morgan fingerprint density at radius 1 is 1.11 bits per heavy atom. The molecule has 0 fully saturated rings. The first-order valence-corrected chi connectivity index (χ1v) is 6.73. The molecule has 2 aromatic carbocycles. The van der Waals surface area contributed by atoms with Gasteiger partial charge in [-0.05, 0) is 36.6 Å². The fourth-order valence-electron chi connectivity index (χ4n) is 2.17. The highest BCUT2D eigenvalue weighted by atomic mass is 19.1. The number of aryl methyl sites for hydroxylation is 1. The Labute approximate surface area is 114 Å². The van der Waals surface area contributed by atoms with Gasteiger partial charge >= 0.3 is 0 Å². The van der Waals surface area contributed by atoms with Crippen LogP contribution in [0.2, 0.25) is 0 Å². The second-order valence-electron chi connectivity index (χ2n) is 4.88. The molecule has 0 spiro atoms. The van der Waals surface area contributed by atoms with E-state index in [4.69, 9.17) is 0 Å². The monoisotopic (exact) mass is 257 g/mol. The summed E-state index contributed by atoms with van der Waals surface area (Å²) in [7, 11) is 0. The van der Waals surface area contributed by atoms with E-state index in [1.807, 2.05) is 6.07 Å². The molecule has 1 nitrogen and oxygen atoms in total. The first-order valence-electron chi connectivity index (χ1n) is 6.73. The Bertz CT molecular complexity index is 519. The summed E-state index contributed by atoms with van der Waals surface area (Å²) in [5.74, 6) is -0.173. The number of nitrogens with one attached hydrogen (secondary N) is 1. The molecule has 0 aromatic heterocycles. The average Bonchev–Trinajstić information content (AvgIpc) is 2.42. The van der Waals surface area contributed by atoms with Crippen molar-refractivity contribution in [1.82, 2.24) is 5.32 Å². The molecule has 0 aliphatic heterocycles. The zero-order chi connectivity index (χ0) is 13.7. The van der Waals surface area contributed by atoms with Crippen LogP contribution in [0, 0.1) is 12.7 Å². The van der Waals surface area contributed by atoms with Crippen molar-refractivity contribution in [2.24, 2.45) is 0 Å². The smallest absolute Gasteiger partial charge is 0.123 e. The minimum absolute atomic E-state index is 0.173. The lowest BCUT2D eigenvalue weighted by atomic mass is 10.0. The fourth-order valence-corrected chi connectivity index (χ4v) is 2.17. The second kappa shape index (κ2) is 6.48. The van der Waals surface area contributed by atoms with Crippen molar-refractivity contribution in [2.45, 2.75) is 32.9 Å². The minimum Gasteiger partial charge on any atom is -0.306 e. The van der Waals surface area contributed by atoms with E-state index in [2.05, 4.69) is 43.4 Å². The second-order valence-corrected chi connectivity index (χ2v) is 4.88. The summed E-state index contributed by atoms with van der Waals surface area (Å²) in [6.45, 7) is 4.99. The first kappa shape index (κ1) is 13.8. The van der Waals surface area contributed by atoms with E-state index >= 15 is 0 Å². The van der Waals surface area contributed by atoms with Crippen molar-refractivity contribution < 1.29 is 4.39 Å². The molecule has 0 aliphatic rings. The molecule has 1 unspecified atom stereocenters. The number of halogens is 1.